The molecule has 0 spiro atoms. The molecule has 1 aliphatic rings. The van der Waals surface area contributed by atoms with Crippen molar-refractivity contribution in [1.29, 1.82) is 0 Å². The third-order valence-electron chi connectivity index (χ3n) is 2.90. The van der Waals surface area contributed by atoms with Gasteiger partial charge in [-0.1, -0.05) is 0 Å². The van der Waals surface area contributed by atoms with Crippen molar-refractivity contribution in [3.05, 3.63) is 17.6 Å². The number of aryl methyl sites for hydroxylation is 1. The number of esters is 1. The summed E-state index contributed by atoms with van der Waals surface area (Å²) >= 11 is 0. The van der Waals surface area contributed by atoms with Crippen LogP contribution in [0, 0.1) is 6.92 Å². The molecule has 1 aromatic heterocycles. The molecule has 18 heavy (non-hydrogen) atoms. The zero-order chi connectivity index (χ0) is 13.1. The van der Waals surface area contributed by atoms with Crippen molar-refractivity contribution in [3.63, 3.8) is 0 Å². The Hall–Kier alpha value is -1.69. The number of aromatic nitrogens is 2. The minimum absolute atomic E-state index is 0.124. The van der Waals surface area contributed by atoms with Crippen LogP contribution in [0.5, 0.6) is 0 Å². The highest BCUT2D eigenvalue weighted by molar-refractivity contribution is 5.85. The quantitative estimate of drug-likeness (QED) is 0.765. The summed E-state index contributed by atoms with van der Waals surface area (Å²) in [5.74, 6) is 0.415. The monoisotopic (exact) mass is 250 g/mol. The molecule has 1 saturated heterocycles. The van der Waals surface area contributed by atoms with E-state index in [4.69, 9.17) is 0 Å². The minimum Gasteiger partial charge on any atom is -0.463 e. The standard InChI is InChI=1S/C12H18N4O2/c1-8-6-10(15-11(14-8)12(17)18-3)16-5-4-13-9(2)7-16/h6,9,13H,4-5,7H2,1-3H3/t9-/m0/s1. The van der Waals surface area contributed by atoms with Crippen molar-refractivity contribution in [2.45, 2.75) is 19.9 Å². The van der Waals surface area contributed by atoms with Crippen LogP contribution in [0.2, 0.25) is 0 Å². The van der Waals surface area contributed by atoms with Crippen LogP contribution < -0.4 is 10.2 Å². The fourth-order valence-electron chi connectivity index (χ4n) is 2.04. The molecule has 0 aromatic carbocycles. The summed E-state index contributed by atoms with van der Waals surface area (Å²) in [4.78, 5) is 22.0. The van der Waals surface area contributed by atoms with Crippen LogP contribution in [-0.4, -0.2) is 48.7 Å². The van der Waals surface area contributed by atoms with Crippen molar-refractivity contribution in [3.8, 4) is 0 Å². The van der Waals surface area contributed by atoms with E-state index >= 15 is 0 Å². The molecule has 98 valence electrons. The van der Waals surface area contributed by atoms with Crippen LogP contribution in [0.3, 0.4) is 0 Å². The molecule has 6 heteroatoms. The van der Waals surface area contributed by atoms with Gasteiger partial charge in [-0.05, 0) is 13.8 Å². The van der Waals surface area contributed by atoms with Crippen molar-refractivity contribution >= 4 is 11.8 Å². The zero-order valence-electron chi connectivity index (χ0n) is 10.9. The maximum Gasteiger partial charge on any atom is 0.376 e. The molecule has 0 unspecified atom stereocenters. The number of nitrogens with one attached hydrogen (secondary N) is 1. The molecule has 1 aliphatic heterocycles. The van der Waals surface area contributed by atoms with Crippen LogP contribution in [0.4, 0.5) is 5.82 Å². The lowest BCUT2D eigenvalue weighted by atomic mass is 10.2. The van der Waals surface area contributed by atoms with Crippen LogP contribution in [0.15, 0.2) is 6.07 Å². The summed E-state index contributed by atoms with van der Waals surface area (Å²) in [6.07, 6.45) is 0. The number of anilines is 1. The van der Waals surface area contributed by atoms with Gasteiger partial charge in [-0.15, -0.1) is 0 Å². The van der Waals surface area contributed by atoms with Gasteiger partial charge in [0.25, 0.3) is 0 Å². The second kappa shape index (κ2) is 5.30. The third-order valence-corrected chi connectivity index (χ3v) is 2.90. The number of methoxy groups -OCH3 is 1. The molecule has 0 bridgehead atoms. The Morgan fingerprint density at radius 3 is 3.00 bits per heavy atom. The van der Waals surface area contributed by atoms with Crippen LogP contribution in [0.25, 0.3) is 0 Å². The van der Waals surface area contributed by atoms with E-state index < -0.39 is 5.97 Å². The zero-order valence-corrected chi connectivity index (χ0v) is 10.9. The van der Waals surface area contributed by atoms with Gasteiger partial charge in [0.15, 0.2) is 0 Å². The highest BCUT2D eigenvalue weighted by Gasteiger charge is 2.19. The molecular formula is C12H18N4O2. The predicted molar refractivity (Wildman–Crippen MR) is 67.8 cm³/mol. The maximum absolute atomic E-state index is 11.5. The number of nitrogens with zero attached hydrogens (tertiary/aromatic N) is 3. The third kappa shape index (κ3) is 2.76. The molecule has 0 amide bonds. The molecule has 2 heterocycles. The second-order valence-electron chi connectivity index (χ2n) is 4.48. The topological polar surface area (TPSA) is 67.3 Å². The number of piperazine rings is 1. The highest BCUT2D eigenvalue weighted by atomic mass is 16.5. The number of carbonyl (C=O) groups is 1. The van der Waals surface area contributed by atoms with Gasteiger partial charge in [0.2, 0.25) is 5.82 Å². The fraction of sp³-hybridized carbons (Fsp3) is 0.583. The van der Waals surface area contributed by atoms with E-state index in [2.05, 4.69) is 31.8 Å². The van der Waals surface area contributed by atoms with Crippen molar-refractivity contribution < 1.29 is 9.53 Å². The molecular weight excluding hydrogens is 232 g/mol. The summed E-state index contributed by atoms with van der Waals surface area (Å²) in [6, 6.07) is 2.31. The van der Waals surface area contributed by atoms with E-state index in [1.165, 1.54) is 7.11 Å². The normalized spacial score (nSPS) is 19.7. The molecule has 0 radical (unpaired) electrons. The minimum atomic E-state index is -0.497. The Kier molecular flexibility index (Phi) is 3.76. The first kappa shape index (κ1) is 12.8. The van der Waals surface area contributed by atoms with Gasteiger partial charge >= 0.3 is 5.97 Å². The first-order valence-electron chi connectivity index (χ1n) is 6.02. The lowest BCUT2D eigenvalue weighted by Crippen LogP contribution is -2.49. The van der Waals surface area contributed by atoms with Crippen LogP contribution in [0.1, 0.15) is 23.2 Å². The molecule has 1 N–H and O–H groups in total. The van der Waals surface area contributed by atoms with Gasteiger partial charge in [-0.25, -0.2) is 14.8 Å². The molecule has 1 aromatic rings. The average Bonchev–Trinajstić information content (AvgIpc) is 2.37. The van der Waals surface area contributed by atoms with E-state index in [1.54, 1.807) is 0 Å². The first-order valence-corrected chi connectivity index (χ1v) is 6.02. The Labute approximate surface area is 106 Å². The summed E-state index contributed by atoms with van der Waals surface area (Å²) in [5.41, 5.74) is 0.770. The van der Waals surface area contributed by atoms with Gasteiger partial charge in [-0.3, -0.25) is 0 Å². The van der Waals surface area contributed by atoms with E-state index in [-0.39, 0.29) is 5.82 Å². The molecule has 6 nitrogen and oxygen atoms in total. The lowest BCUT2D eigenvalue weighted by Gasteiger charge is -2.32. The maximum atomic E-state index is 11.5. The van der Waals surface area contributed by atoms with Crippen molar-refractivity contribution in [2.24, 2.45) is 0 Å². The van der Waals surface area contributed by atoms with Gasteiger partial charge in [0, 0.05) is 37.4 Å². The average molecular weight is 250 g/mol. The van der Waals surface area contributed by atoms with E-state index in [1.807, 2.05) is 13.0 Å². The lowest BCUT2D eigenvalue weighted by molar-refractivity contribution is 0.0586. The molecule has 2 rings (SSSR count). The van der Waals surface area contributed by atoms with E-state index in [0.29, 0.717) is 6.04 Å². The van der Waals surface area contributed by atoms with E-state index in [9.17, 15) is 4.79 Å². The van der Waals surface area contributed by atoms with Crippen molar-refractivity contribution in [1.82, 2.24) is 15.3 Å². The molecule has 0 saturated carbocycles. The predicted octanol–water partition coefficient (Wildman–Crippen LogP) is 0.370. The Morgan fingerprint density at radius 1 is 1.56 bits per heavy atom. The SMILES string of the molecule is COC(=O)c1nc(C)cc(N2CCN[C@@H](C)C2)n1. The van der Waals surface area contributed by atoms with E-state index in [0.717, 1.165) is 31.1 Å². The molecule has 1 fully saturated rings. The number of carbonyl (C=O) groups excluding carboxylic acids is 1. The smallest absolute Gasteiger partial charge is 0.376 e. The largest absolute Gasteiger partial charge is 0.463 e. The number of ether oxygens (including phenoxy) is 1. The first-order chi connectivity index (χ1) is 8.60. The molecule has 0 aliphatic carbocycles. The Balaban J connectivity index is 2.27. The van der Waals surface area contributed by atoms with Gasteiger partial charge in [-0.2, -0.15) is 0 Å². The number of rotatable bonds is 2. The Bertz CT molecular complexity index is 450. The number of hydrogen-bond donors (Lipinski definition) is 1. The fourth-order valence-corrected chi connectivity index (χ4v) is 2.04. The molecule has 1 atom stereocenters. The van der Waals surface area contributed by atoms with Crippen LogP contribution >= 0.6 is 0 Å². The van der Waals surface area contributed by atoms with Gasteiger partial charge in [0.05, 0.1) is 7.11 Å². The van der Waals surface area contributed by atoms with Gasteiger partial charge < -0.3 is 15.0 Å². The van der Waals surface area contributed by atoms with Crippen molar-refractivity contribution in [2.75, 3.05) is 31.6 Å². The summed E-state index contributed by atoms with van der Waals surface area (Å²) in [5, 5.41) is 3.37. The highest BCUT2D eigenvalue weighted by Crippen LogP contribution is 2.15. The second-order valence-corrected chi connectivity index (χ2v) is 4.48. The summed E-state index contributed by atoms with van der Waals surface area (Å²) in [7, 11) is 1.33. The Morgan fingerprint density at radius 2 is 2.33 bits per heavy atom. The number of hydrogen-bond acceptors (Lipinski definition) is 6. The van der Waals surface area contributed by atoms with Crippen LogP contribution in [-0.2, 0) is 4.74 Å². The summed E-state index contributed by atoms with van der Waals surface area (Å²) in [6.45, 7) is 6.64. The van der Waals surface area contributed by atoms with Gasteiger partial charge in [0.1, 0.15) is 5.82 Å². The summed E-state index contributed by atoms with van der Waals surface area (Å²) < 4.78 is 4.66.